The molecule has 0 fully saturated rings. The molecule has 1 aromatic heterocycles. The summed E-state index contributed by atoms with van der Waals surface area (Å²) in [6, 6.07) is 14.7. The number of rotatable bonds is 6. The van der Waals surface area contributed by atoms with Gasteiger partial charge in [-0.25, -0.2) is 13.9 Å². The number of ether oxygens (including phenoxy) is 1. The molecule has 2 aromatic carbocycles. The van der Waals surface area contributed by atoms with Crippen LogP contribution in [0, 0.1) is 12.7 Å². The highest BCUT2D eigenvalue weighted by Gasteiger charge is 2.11. The highest BCUT2D eigenvalue weighted by atomic mass is 19.1. The van der Waals surface area contributed by atoms with Crippen LogP contribution in [0.5, 0.6) is 0 Å². The van der Waals surface area contributed by atoms with Gasteiger partial charge in [0.25, 0.3) is 5.91 Å². The van der Waals surface area contributed by atoms with Crippen molar-refractivity contribution in [3.63, 3.8) is 0 Å². The van der Waals surface area contributed by atoms with Crippen LogP contribution >= 0.6 is 0 Å². The Hall–Kier alpha value is -3.48. The minimum Gasteiger partial charge on any atom is -0.452 e. The highest BCUT2D eigenvalue weighted by molar-refractivity contribution is 5.91. The Kier molecular flexibility index (Phi) is 5.61. The third-order valence-electron chi connectivity index (χ3n) is 3.95. The second-order valence-corrected chi connectivity index (χ2v) is 5.88. The second-order valence-electron chi connectivity index (χ2n) is 5.88. The van der Waals surface area contributed by atoms with Crippen LogP contribution < -0.4 is 5.32 Å². The standard InChI is InChI=1S/C20H18FN3O3/c1-14-10-11-23-24(14)17-8-6-15(7-9-17)20(26)27-13-19(25)22-12-16-4-2-3-5-18(16)21/h2-11H,12-13H2,1H3,(H,22,25). The molecule has 0 aliphatic heterocycles. The number of benzene rings is 2. The molecule has 1 heterocycles. The molecule has 138 valence electrons. The number of carbonyl (C=O) groups is 2. The van der Waals surface area contributed by atoms with Crippen LogP contribution in [0.3, 0.4) is 0 Å². The van der Waals surface area contributed by atoms with E-state index in [-0.39, 0.29) is 6.54 Å². The number of hydrogen-bond acceptors (Lipinski definition) is 4. The molecule has 0 atom stereocenters. The fourth-order valence-electron chi connectivity index (χ4n) is 2.48. The smallest absolute Gasteiger partial charge is 0.338 e. The lowest BCUT2D eigenvalue weighted by molar-refractivity contribution is -0.124. The van der Waals surface area contributed by atoms with Crippen molar-refractivity contribution in [3.05, 3.63) is 83.4 Å². The van der Waals surface area contributed by atoms with Gasteiger partial charge in [0.1, 0.15) is 5.82 Å². The van der Waals surface area contributed by atoms with E-state index in [1.165, 1.54) is 6.07 Å². The zero-order valence-electron chi connectivity index (χ0n) is 14.7. The van der Waals surface area contributed by atoms with Crippen LogP contribution in [0.25, 0.3) is 5.69 Å². The molecular formula is C20H18FN3O3. The molecule has 0 spiro atoms. The van der Waals surface area contributed by atoms with E-state index in [0.29, 0.717) is 11.1 Å². The Morgan fingerprint density at radius 2 is 1.85 bits per heavy atom. The Bertz CT molecular complexity index is 951. The van der Waals surface area contributed by atoms with Gasteiger partial charge in [-0.3, -0.25) is 4.79 Å². The summed E-state index contributed by atoms with van der Waals surface area (Å²) in [7, 11) is 0. The van der Waals surface area contributed by atoms with Crippen LogP contribution in [-0.4, -0.2) is 28.3 Å². The second kappa shape index (κ2) is 8.27. The molecule has 0 saturated carbocycles. The monoisotopic (exact) mass is 367 g/mol. The Morgan fingerprint density at radius 1 is 1.11 bits per heavy atom. The number of amides is 1. The van der Waals surface area contributed by atoms with E-state index in [9.17, 15) is 14.0 Å². The van der Waals surface area contributed by atoms with Crippen molar-refractivity contribution in [2.75, 3.05) is 6.61 Å². The first kappa shape index (κ1) is 18.3. The van der Waals surface area contributed by atoms with Gasteiger partial charge >= 0.3 is 5.97 Å². The Labute approximate surface area is 155 Å². The zero-order valence-corrected chi connectivity index (χ0v) is 14.7. The third kappa shape index (κ3) is 4.58. The topological polar surface area (TPSA) is 73.2 Å². The molecular weight excluding hydrogens is 349 g/mol. The Balaban J connectivity index is 1.51. The van der Waals surface area contributed by atoms with Crippen LogP contribution in [0.2, 0.25) is 0 Å². The molecule has 1 N–H and O–H groups in total. The van der Waals surface area contributed by atoms with Gasteiger partial charge in [0.05, 0.1) is 11.3 Å². The Morgan fingerprint density at radius 3 is 2.52 bits per heavy atom. The van der Waals surface area contributed by atoms with E-state index in [2.05, 4.69) is 10.4 Å². The molecule has 0 unspecified atom stereocenters. The molecule has 7 heteroatoms. The molecule has 0 radical (unpaired) electrons. The predicted molar refractivity (Wildman–Crippen MR) is 96.8 cm³/mol. The van der Waals surface area contributed by atoms with E-state index in [1.807, 2.05) is 13.0 Å². The number of aromatic nitrogens is 2. The summed E-state index contributed by atoms with van der Waals surface area (Å²) in [6.07, 6.45) is 1.69. The lowest BCUT2D eigenvalue weighted by Gasteiger charge is -2.08. The van der Waals surface area contributed by atoms with Crippen LogP contribution in [0.15, 0.2) is 60.8 Å². The molecule has 0 saturated heterocycles. The predicted octanol–water partition coefficient (Wildman–Crippen LogP) is 2.79. The summed E-state index contributed by atoms with van der Waals surface area (Å²) in [6.45, 7) is 1.52. The summed E-state index contributed by atoms with van der Waals surface area (Å²) in [5.41, 5.74) is 2.47. The van der Waals surface area contributed by atoms with Crippen molar-refractivity contribution in [1.29, 1.82) is 0 Å². The van der Waals surface area contributed by atoms with Gasteiger partial charge in [0, 0.05) is 24.0 Å². The average Bonchev–Trinajstić information content (AvgIpc) is 3.11. The first-order valence-electron chi connectivity index (χ1n) is 8.33. The maximum absolute atomic E-state index is 13.5. The molecule has 0 aliphatic rings. The molecule has 0 bridgehead atoms. The van der Waals surface area contributed by atoms with Crippen molar-refractivity contribution in [2.24, 2.45) is 0 Å². The van der Waals surface area contributed by atoms with E-state index in [0.717, 1.165) is 11.4 Å². The fraction of sp³-hybridized carbons (Fsp3) is 0.150. The van der Waals surface area contributed by atoms with Crippen LogP contribution in [-0.2, 0) is 16.1 Å². The number of aryl methyl sites for hydroxylation is 1. The summed E-state index contributed by atoms with van der Waals surface area (Å²) in [5, 5.41) is 6.71. The number of esters is 1. The van der Waals surface area contributed by atoms with Crippen molar-refractivity contribution < 1.29 is 18.7 Å². The highest BCUT2D eigenvalue weighted by Crippen LogP contribution is 2.12. The van der Waals surface area contributed by atoms with Gasteiger partial charge in [-0.2, -0.15) is 5.10 Å². The largest absolute Gasteiger partial charge is 0.452 e. The molecule has 3 rings (SSSR count). The maximum atomic E-state index is 13.5. The van der Waals surface area contributed by atoms with Crippen LogP contribution in [0.1, 0.15) is 21.6 Å². The number of nitrogens with one attached hydrogen (secondary N) is 1. The first-order chi connectivity index (χ1) is 13.0. The zero-order chi connectivity index (χ0) is 19.2. The van der Waals surface area contributed by atoms with Crippen molar-refractivity contribution >= 4 is 11.9 Å². The van der Waals surface area contributed by atoms with E-state index >= 15 is 0 Å². The number of hydrogen-bond donors (Lipinski definition) is 1. The molecule has 3 aromatic rings. The fourth-order valence-corrected chi connectivity index (χ4v) is 2.48. The normalized spacial score (nSPS) is 10.4. The maximum Gasteiger partial charge on any atom is 0.338 e. The minimum absolute atomic E-state index is 0.0287. The number of halogens is 1. The van der Waals surface area contributed by atoms with Crippen molar-refractivity contribution in [2.45, 2.75) is 13.5 Å². The first-order valence-corrected chi connectivity index (χ1v) is 8.33. The van der Waals surface area contributed by atoms with Gasteiger partial charge in [0.15, 0.2) is 6.61 Å². The molecule has 0 aliphatic carbocycles. The SMILES string of the molecule is Cc1ccnn1-c1ccc(C(=O)OCC(=O)NCc2ccccc2F)cc1. The molecule has 6 nitrogen and oxygen atoms in total. The van der Waals surface area contributed by atoms with Gasteiger partial charge in [-0.15, -0.1) is 0 Å². The summed E-state index contributed by atoms with van der Waals surface area (Å²) >= 11 is 0. The van der Waals surface area contributed by atoms with Crippen molar-refractivity contribution in [3.8, 4) is 5.69 Å². The summed E-state index contributed by atoms with van der Waals surface area (Å²) in [4.78, 5) is 23.8. The van der Waals surface area contributed by atoms with Crippen LogP contribution in [0.4, 0.5) is 4.39 Å². The van der Waals surface area contributed by atoms with Gasteiger partial charge in [-0.1, -0.05) is 18.2 Å². The van der Waals surface area contributed by atoms with E-state index in [4.69, 9.17) is 4.74 Å². The lowest BCUT2D eigenvalue weighted by Crippen LogP contribution is -2.28. The summed E-state index contributed by atoms with van der Waals surface area (Å²) < 4.78 is 20.2. The number of carbonyl (C=O) groups excluding carboxylic acids is 2. The molecule has 27 heavy (non-hydrogen) atoms. The van der Waals surface area contributed by atoms with E-state index < -0.39 is 24.3 Å². The average molecular weight is 367 g/mol. The van der Waals surface area contributed by atoms with E-state index in [1.54, 1.807) is 53.3 Å². The van der Waals surface area contributed by atoms with Gasteiger partial charge in [0.2, 0.25) is 0 Å². The summed E-state index contributed by atoms with van der Waals surface area (Å²) in [5.74, 6) is -1.52. The lowest BCUT2D eigenvalue weighted by atomic mass is 10.2. The molecule has 1 amide bonds. The van der Waals surface area contributed by atoms with Gasteiger partial charge < -0.3 is 10.1 Å². The minimum atomic E-state index is -0.611. The van der Waals surface area contributed by atoms with Gasteiger partial charge in [-0.05, 0) is 43.3 Å². The van der Waals surface area contributed by atoms with Crippen molar-refractivity contribution in [1.82, 2.24) is 15.1 Å². The quantitative estimate of drug-likeness (QED) is 0.680. The number of nitrogens with zero attached hydrogens (tertiary/aromatic N) is 2. The third-order valence-corrected chi connectivity index (χ3v) is 3.95.